The average Bonchev–Trinajstić information content (AvgIpc) is 2.37. The second kappa shape index (κ2) is 8.21. The van der Waals surface area contributed by atoms with Gasteiger partial charge in [-0.2, -0.15) is 0 Å². The molecule has 0 radical (unpaired) electrons. The van der Waals surface area contributed by atoms with E-state index in [1.54, 1.807) is 4.90 Å². The molecule has 0 spiro atoms. The summed E-state index contributed by atoms with van der Waals surface area (Å²) in [6.07, 6.45) is 2.01. The second-order valence-corrected chi connectivity index (χ2v) is 5.71. The third-order valence-corrected chi connectivity index (χ3v) is 3.23. The number of rotatable bonds is 6. The Hall–Kier alpha value is -1.14. The Morgan fingerprint density at radius 1 is 1.40 bits per heavy atom. The molecule has 20 heavy (non-hydrogen) atoms. The number of morpholine rings is 1. The van der Waals surface area contributed by atoms with Crippen LogP contribution in [0.1, 0.15) is 40.0 Å². The van der Waals surface area contributed by atoms with Gasteiger partial charge in [-0.1, -0.05) is 0 Å². The van der Waals surface area contributed by atoms with Gasteiger partial charge in [-0.3, -0.25) is 9.59 Å². The number of hydrogen-bond donors (Lipinski definition) is 2. The Labute approximate surface area is 121 Å². The Balaban J connectivity index is 2.54. The predicted molar refractivity (Wildman–Crippen MR) is 77.1 cm³/mol. The second-order valence-electron chi connectivity index (χ2n) is 5.71. The van der Waals surface area contributed by atoms with Crippen LogP contribution >= 0.6 is 0 Å². The molecule has 3 N–H and O–H groups in total. The fourth-order valence-corrected chi connectivity index (χ4v) is 2.22. The first-order valence-electron chi connectivity index (χ1n) is 7.35. The lowest BCUT2D eigenvalue weighted by Crippen LogP contribution is -2.56. The summed E-state index contributed by atoms with van der Waals surface area (Å²) in [5.41, 5.74) is 5.68. The summed E-state index contributed by atoms with van der Waals surface area (Å²) in [7, 11) is 0. The molecule has 1 saturated heterocycles. The van der Waals surface area contributed by atoms with Crippen LogP contribution in [0.3, 0.4) is 0 Å². The van der Waals surface area contributed by atoms with Crippen LogP contribution in [0.25, 0.3) is 0 Å². The van der Waals surface area contributed by atoms with Crippen molar-refractivity contribution in [1.29, 1.82) is 0 Å². The van der Waals surface area contributed by atoms with Gasteiger partial charge in [-0.05, 0) is 33.6 Å². The molecule has 0 aromatic heterocycles. The zero-order chi connectivity index (χ0) is 15.1. The van der Waals surface area contributed by atoms with Gasteiger partial charge in [0.25, 0.3) is 0 Å². The van der Waals surface area contributed by atoms with Gasteiger partial charge >= 0.3 is 0 Å². The van der Waals surface area contributed by atoms with E-state index in [1.807, 2.05) is 20.8 Å². The summed E-state index contributed by atoms with van der Waals surface area (Å²) in [6.45, 7) is 6.97. The molecule has 0 aromatic rings. The fourth-order valence-electron chi connectivity index (χ4n) is 2.22. The zero-order valence-electron chi connectivity index (χ0n) is 12.7. The van der Waals surface area contributed by atoms with Gasteiger partial charge in [0, 0.05) is 25.0 Å². The molecular formula is C14H27N3O3. The molecule has 0 saturated carbocycles. The first-order valence-corrected chi connectivity index (χ1v) is 7.35. The van der Waals surface area contributed by atoms with Gasteiger partial charge in [0.2, 0.25) is 11.8 Å². The van der Waals surface area contributed by atoms with E-state index < -0.39 is 6.04 Å². The third-order valence-electron chi connectivity index (χ3n) is 3.23. The largest absolute Gasteiger partial charge is 0.377 e. The number of ether oxygens (including phenoxy) is 1. The molecule has 0 aromatic carbocycles. The standard InChI is InChI=1S/C14H27N3O3/c1-10(2)16-14(19)12-9-20-8-7-17(12)13(18)6-4-5-11(3)15/h10-12H,4-9,15H2,1-3H3,(H,16,19). The van der Waals surface area contributed by atoms with Crippen molar-refractivity contribution in [2.24, 2.45) is 5.73 Å². The Kier molecular flexibility index (Phi) is 6.95. The molecule has 1 aliphatic rings. The maximum atomic E-state index is 12.2. The highest BCUT2D eigenvalue weighted by atomic mass is 16.5. The highest BCUT2D eigenvalue weighted by molar-refractivity contribution is 5.88. The van der Waals surface area contributed by atoms with Crippen molar-refractivity contribution in [2.75, 3.05) is 19.8 Å². The molecule has 1 heterocycles. The summed E-state index contributed by atoms with van der Waals surface area (Å²) < 4.78 is 5.33. The number of carbonyl (C=O) groups is 2. The van der Waals surface area contributed by atoms with Crippen LogP contribution in [-0.4, -0.2) is 54.6 Å². The quantitative estimate of drug-likeness (QED) is 0.733. The maximum absolute atomic E-state index is 12.2. The number of nitrogens with zero attached hydrogens (tertiary/aromatic N) is 1. The van der Waals surface area contributed by atoms with Crippen molar-refractivity contribution in [3.63, 3.8) is 0 Å². The van der Waals surface area contributed by atoms with Crippen LogP contribution in [0, 0.1) is 0 Å². The monoisotopic (exact) mass is 285 g/mol. The van der Waals surface area contributed by atoms with Crippen LogP contribution in [0.15, 0.2) is 0 Å². The van der Waals surface area contributed by atoms with E-state index in [9.17, 15) is 9.59 Å². The Morgan fingerprint density at radius 2 is 2.10 bits per heavy atom. The molecule has 1 fully saturated rings. The third kappa shape index (κ3) is 5.46. The summed E-state index contributed by atoms with van der Waals surface area (Å²) in [6, 6.07) is -0.346. The van der Waals surface area contributed by atoms with Gasteiger partial charge in [0.1, 0.15) is 6.04 Å². The molecule has 0 bridgehead atoms. The molecule has 1 rings (SSSR count). The van der Waals surface area contributed by atoms with E-state index in [4.69, 9.17) is 10.5 Å². The van der Waals surface area contributed by atoms with Crippen LogP contribution in [-0.2, 0) is 14.3 Å². The van der Waals surface area contributed by atoms with E-state index in [1.165, 1.54) is 0 Å². The first kappa shape index (κ1) is 16.9. The molecule has 2 atom stereocenters. The van der Waals surface area contributed by atoms with Crippen molar-refractivity contribution in [3.8, 4) is 0 Å². The fraction of sp³-hybridized carbons (Fsp3) is 0.857. The van der Waals surface area contributed by atoms with E-state index in [0.29, 0.717) is 19.6 Å². The highest BCUT2D eigenvalue weighted by Gasteiger charge is 2.32. The summed E-state index contributed by atoms with van der Waals surface area (Å²) in [5.74, 6) is -0.127. The summed E-state index contributed by atoms with van der Waals surface area (Å²) >= 11 is 0. The molecule has 2 unspecified atom stereocenters. The lowest BCUT2D eigenvalue weighted by molar-refractivity contribution is -0.148. The molecule has 6 nitrogen and oxygen atoms in total. The predicted octanol–water partition coefficient (Wildman–Crippen LogP) is 0.256. The number of carbonyl (C=O) groups excluding carboxylic acids is 2. The molecule has 1 aliphatic heterocycles. The van der Waals surface area contributed by atoms with E-state index in [2.05, 4.69) is 5.32 Å². The van der Waals surface area contributed by atoms with Crippen LogP contribution in [0.2, 0.25) is 0 Å². The zero-order valence-corrected chi connectivity index (χ0v) is 12.7. The minimum atomic E-state index is -0.506. The van der Waals surface area contributed by atoms with Crippen molar-refractivity contribution < 1.29 is 14.3 Å². The number of hydrogen-bond acceptors (Lipinski definition) is 4. The number of nitrogens with one attached hydrogen (secondary N) is 1. The van der Waals surface area contributed by atoms with Crippen molar-refractivity contribution in [1.82, 2.24) is 10.2 Å². The first-order chi connectivity index (χ1) is 9.41. The number of amides is 2. The van der Waals surface area contributed by atoms with Gasteiger partial charge in [0.15, 0.2) is 0 Å². The molecule has 0 aliphatic carbocycles. The minimum absolute atomic E-state index is 0.0119. The van der Waals surface area contributed by atoms with Crippen LogP contribution in [0.5, 0.6) is 0 Å². The van der Waals surface area contributed by atoms with E-state index >= 15 is 0 Å². The van der Waals surface area contributed by atoms with Crippen molar-refractivity contribution in [2.45, 2.75) is 58.2 Å². The van der Waals surface area contributed by atoms with Crippen molar-refractivity contribution >= 4 is 11.8 Å². The molecule has 6 heteroatoms. The van der Waals surface area contributed by atoms with Gasteiger partial charge < -0.3 is 20.7 Å². The minimum Gasteiger partial charge on any atom is -0.377 e. The summed E-state index contributed by atoms with van der Waals surface area (Å²) in [4.78, 5) is 26.0. The maximum Gasteiger partial charge on any atom is 0.245 e. The molecular weight excluding hydrogens is 258 g/mol. The van der Waals surface area contributed by atoms with Gasteiger partial charge in [0.05, 0.1) is 13.2 Å². The Morgan fingerprint density at radius 3 is 2.70 bits per heavy atom. The molecule has 116 valence electrons. The Bertz CT molecular complexity index is 332. The number of nitrogens with two attached hydrogens (primary N) is 1. The van der Waals surface area contributed by atoms with Gasteiger partial charge in [-0.25, -0.2) is 0 Å². The van der Waals surface area contributed by atoms with Crippen LogP contribution < -0.4 is 11.1 Å². The van der Waals surface area contributed by atoms with Crippen LogP contribution in [0.4, 0.5) is 0 Å². The molecule has 2 amide bonds. The SMILES string of the molecule is CC(N)CCCC(=O)N1CCOCC1C(=O)NC(C)C. The van der Waals surface area contributed by atoms with E-state index in [-0.39, 0.29) is 30.5 Å². The smallest absolute Gasteiger partial charge is 0.245 e. The average molecular weight is 285 g/mol. The lowest BCUT2D eigenvalue weighted by Gasteiger charge is -2.35. The summed E-state index contributed by atoms with van der Waals surface area (Å²) in [5, 5.41) is 2.84. The lowest BCUT2D eigenvalue weighted by atomic mass is 10.1. The van der Waals surface area contributed by atoms with Gasteiger partial charge in [-0.15, -0.1) is 0 Å². The normalized spacial score (nSPS) is 20.9. The highest BCUT2D eigenvalue weighted by Crippen LogP contribution is 2.11. The van der Waals surface area contributed by atoms with Crippen molar-refractivity contribution in [3.05, 3.63) is 0 Å². The topological polar surface area (TPSA) is 84.7 Å². The van der Waals surface area contributed by atoms with E-state index in [0.717, 1.165) is 12.8 Å².